The number of aromatic nitrogens is 1. The third kappa shape index (κ3) is 4.72. The molecule has 0 aliphatic carbocycles. The molecule has 0 fully saturated rings. The van der Waals surface area contributed by atoms with Gasteiger partial charge in [0.1, 0.15) is 11.6 Å². The molecule has 0 radical (unpaired) electrons. The highest BCUT2D eigenvalue weighted by Gasteiger charge is 2.07. The first-order valence-corrected chi connectivity index (χ1v) is 8.24. The number of pyridine rings is 1. The second kappa shape index (κ2) is 8.34. The van der Waals surface area contributed by atoms with E-state index in [0.717, 1.165) is 35.8 Å². The largest absolute Gasteiger partial charge is 0.483 e. The number of anilines is 2. The quantitative estimate of drug-likeness (QED) is 0.845. The maximum Gasteiger partial charge on any atom is 0.262 e. The fraction of sp³-hybridized carbons (Fsp3) is 0.368. The molecule has 2 rings (SSSR count). The molecule has 0 aliphatic rings. The fourth-order valence-electron chi connectivity index (χ4n) is 2.40. The van der Waals surface area contributed by atoms with Crippen molar-refractivity contribution in [1.82, 2.24) is 4.98 Å². The van der Waals surface area contributed by atoms with Crippen molar-refractivity contribution < 1.29 is 9.53 Å². The summed E-state index contributed by atoms with van der Waals surface area (Å²) in [4.78, 5) is 18.6. The van der Waals surface area contributed by atoms with Gasteiger partial charge in [-0.05, 0) is 57.0 Å². The summed E-state index contributed by atoms with van der Waals surface area (Å²) in [6, 6.07) is 9.71. The van der Waals surface area contributed by atoms with Crippen LogP contribution in [-0.4, -0.2) is 30.6 Å². The predicted octanol–water partition coefficient (Wildman–Crippen LogP) is 3.56. The standard InChI is InChI=1S/C19H25N3O2/c1-5-22(6-2)18-10-9-16(12-20-18)21-19(23)13-24-17-11-14(3)7-8-15(17)4/h7-12H,5-6,13H2,1-4H3,(H,21,23). The number of nitrogens with one attached hydrogen (secondary N) is 1. The van der Waals surface area contributed by atoms with E-state index in [4.69, 9.17) is 4.74 Å². The van der Waals surface area contributed by atoms with Crippen LogP contribution < -0.4 is 15.0 Å². The number of hydrogen-bond donors (Lipinski definition) is 1. The van der Waals surface area contributed by atoms with Gasteiger partial charge in [-0.15, -0.1) is 0 Å². The minimum atomic E-state index is -0.201. The Bertz CT molecular complexity index is 680. The lowest BCUT2D eigenvalue weighted by atomic mass is 10.1. The van der Waals surface area contributed by atoms with Gasteiger partial charge in [0, 0.05) is 13.1 Å². The van der Waals surface area contributed by atoms with Gasteiger partial charge in [-0.3, -0.25) is 4.79 Å². The molecule has 1 aromatic heterocycles. The molecule has 24 heavy (non-hydrogen) atoms. The number of benzene rings is 1. The summed E-state index contributed by atoms with van der Waals surface area (Å²) in [7, 11) is 0. The number of nitrogens with zero attached hydrogens (tertiary/aromatic N) is 2. The number of aryl methyl sites for hydroxylation is 2. The van der Waals surface area contributed by atoms with Crippen molar-refractivity contribution in [3.63, 3.8) is 0 Å². The molecule has 0 atom stereocenters. The number of ether oxygens (including phenoxy) is 1. The zero-order valence-corrected chi connectivity index (χ0v) is 14.8. The van der Waals surface area contributed by atoms with E-state index < -0.39 is 0 Å². The van der Waals surface area contributed by atoms with Crippen LogP contribution in [0, 0.1) is 13.8 Å². The molecule has 1 aromatic carbocycles. The Labute approximate surface area is 143 Å². The highest BCUT2D eigenvalue weighted by atomic mass is 16.5. The molecule has 2 aromatic rings. The Morgan fingerprint density at radius 1 is 1.17 bits per heavy atom. The number of rotatable bonds is 7. The van der Waals surface area contributed by atoms with Gasteiger partial charge in [-0.25, -0.2) is 4.98 Å². The maximum absolute atomic E-state index is 12.0. The first-order chi connectivity index (χ1) is 11.5. The lowest BCUT2D eigenvalue weighted by Crippen LogP contribution is -2.23. The van der Waals surface area contributed by atoms with E-state index >= 15 is 0 Å². The molecule has 0 saturated heterocycles. The van der Waals surface area contributed by atoms with Gasteiger partial charge in [-0.2, -0.15) is 0 Å². The Hall–Kier alpha value is -2.56. The molecule has 5 nitrogen and oxygen atoms in total. The average molecular weight is 327 g/mol. The molecule has 1 N–H and O–H groups in total. The minimum Gasteiger partial charge on any atom is -0.483 e. The molecular formula is C19H25N3O2. The van der Waals surface area contributed by atoms with E-state index in [1.54, 1.807) is 6.20 Å². The van der Waals surface area contributed by atoms with E-state index in [0.29, 0.717) is 5.69 Å². The summed E-state index contributed by atoms with van der Waals surface area (Å²) in [6.07, 6.45) is 1.67. The summed E-state index contributed by atoms with van der Waals surface area (Å²) in [5.74, 6) is 1.44. The van der Waals surface area contributed by atoms with E-state index in [-0.39, 0.29) is 12.5 Å². The summed E-state index contributed by atoms with van der Waals surface area (Å²) in [5, 5.41) is 2.80. The highest BCUT2D eigenvalue weighted by Crippen LogP contribution is 2.19. The van der Waals surface area contributed by atoms with Gasteiger partial charge in [0.25, 0.3) is 5.91 Å². The summed E-state index contributed by atoms with van der Waals surface area (Å²) in [5.41, 5.74) is 2.78. The first-order valence-electron chi connectivity index (χ1n) is 8.24. The molecule has 1 heterocycles. The third-order valence-corrected chi connectivity index (χ3v) is 3.82. The van der Waals surface area contributed by atoms with Crippen LogP contribution in [0.5, 0.6) is 5.75 Å². The van der Waals surface area contributed by atoms with Gasteiger partial charge >= 0.3 is 0 Å². The van der Waals surface area contributed by atoms with Crippen LogP contribution in [0.2, 0.25) is 0 Å². The number of carbonyl (C=O) groups is 1. The molecule has 0 saturated carbocycles. The van der Waals surface area contributed by atoms with Crippen LogP contribution >= 0.6 is 0 Å². The van der Waals surface area contributed by atoms with Crippen LogP contribution in [0.4, 0.5) is 11.5 Å². The second-order valence-corrected chi connectivity index (χ2v) is 5.68. The zero-order valence-electron chi connectivity index (χ0n) is 14.8. The van der Waals surface area contributed by atoms with Crippen molar-refractivity contribution in [3.8, 4) is 5.75 Å². The summed E-state index contributed by atoms with van der Waals surface area (Å²) < 4.78 is 5.61. The van der Waals surface area contributed by atoms with Crippen molar-refractivity contribution in [2.24, 2.45) is 0 Å². The van der Waals surface area contributed by atoms with E-state index in [9.17, 15) is 4.79 Å². The van der Waals surface area contributed by atoms with Gasteiger partial charge in [-0.1, -0.05) is 12.1 Å². The molecule has 0 unspecified atom stereocenters. The number of carbonyl (C=O) groups excluding carboxylic acids is 1. The van der Waals surface area contributed by atoms with Crippen molar-refractivity contribution in [2.75, 3.05) is 29.9 Å². The topological polar surface area (TPSA) is 54.5 Å². The first kappa shape index (κ1) is 17.8. The fourth-order valence-corrected chi connectivity index (χ4v) is 2.40. The van der Waals surface area contributed by atoms with Crippen LogP contribution in [0.3, 0.4) is 0 Å². The minimum absolute atomic E-state index is 0.0257. The van der Waals surface area contributed by atoms with Crippen LogP contribution in [0.1, 0.15) is 25.0 Å². The number of amides is 1. The van der Waals surface area contributed by atoms with Crippen LogP contribution in [0.25, 0.3) is 0 Å². The van der Waals surface area contributed by atoms with Gasteiger partial charge in [0.05, 0.1) is 11.9 Å². The highest BCUT2D eigenvalue weighted by molar-refractivity contribution is 5.91. The molecule has 0 aliphatic heterocycles. The third-order valence-electron chi connectivity index (χ3n) is 3.82. The van der Waals surface area contributed by atoms with Crippen molar-refractivity contribution in [3.05, 3.63) is 47.7 Å². The normalized spacial score (nSPS) is 10.3. The Kier molecular flexibility index (Phi) is 6.18. The average Bonchev–Trinajstić information content (AvgIpc) is 2.58. The zero-order chi connectivity index (χ0) is 17.5. The van der Waals surface area contributed by atoms with Gasteiger partial charge < -0.3 is 15.0 Å². The van der Waals surface area contributed by atoms with Gasteiger partial charge in [0.2, 0.25) is 0 Å². The molecule has 5 heteroatoms. The Morgan fingerprint density at radius 3 is 2.54 bits per heavy atom. The van der Waals surface area contributed by atoms with E-state index in [1.807, 2.05) is 44.2 Å². The number of hydrogen-bond acceptors (Lipinski definition) is 4. The van der Waals surface area contributed by atoms with Crippen LogP contribution in [0.15, 0.2) is 36.5 Å². The Morgan fingerprint density at radius 2 is 1.92 bits per heavy atom. The van der Waals surface area contributed by atoms with E-state index in [1.165, 1.54) is 0 Å². The monoisotopic (exact) mass is 327 g/mol. The molecule has 0 spiro atoms. The summed E-state index contributed by atoms with van der Waals surface area (Å²) >= 11 is 0. The van der Waals surface area contributed by atoms with E-state index in [2.05, 4.69) is 29.0 Å². The summed E-state index contributed by atoms with van der Waals surface area (Å²) in [6.45, 7) is 9.91. The van der Waals surface area contributed by atoms with Crippen LogP contribution in [-0.2, 0) is 4.79 Å². The lowest BCUT2D eigenvalue weighted by molar-refractivity contribution is -0.118. The van der Waals surface area contributed by atoms with Crippen molar-refractivity contribution in [1.29, 1.82) is 0 Å². The smallest absolute Gasteiger partial charge is 0.262 e. The SMILES string of the molecule is CCN(CC)c1ccc(NC(=O)COc2cc(C)ccc2C)cn1. The van der Waals surface area contributed by atoms with Gasteiger partial charge in [0.15, 0.2) is 6.61 Å². The predicted molar refractivity (Wildman–Crippen MR) is 97.8 cm³/mol. The second-order valence-electron chi connectivity index (χ2n) is 5.68. The van der Waals surface area contributed by atoms with Crippen molar-refractivity contribution in [2.45, 2.75) is 27.7 Å². The molecule has 0 bridgehead atoms. The van der Waals surface area contributed by atoms with Crippen molar-refractivity contribution >= 4 is 17.4 Å². The molecule has 128 valence electrons. The Balaban J connectivity index is 1.91. The lowest BCUT2D eigenvalue weighted by Gasteiger charge is -2.19. The maximum atomic E-state index is 12.0. The molecule has 1 amide bonds. The molecular weight excluding hydrogens is 302 g/mol.